The molecule has 3 aromatic rings. The fraction of sp³-hybridized carbons (Fsp3) is 0.160. The van der Waals surface area contributed by atoms with Crippen LogP contribution in [0.15, 0.2) is 66.4 Å². The van der Waals surface area contributed by atoms with Gasteiger partial charge in [-0.15, -0.1) is 0 Å². The second-order valence-electron chi connectivity index (χ2n) is 6.94. The first-order valence-corrected chi connectivity index (χ1v) is 9.73. The molecule has 0 saturated heterocycles. The van der Waals surface area contributed by atoms with E-state index in [0.29, 0.717) is 29.4 Å². The van der Waals surface area contributed by atoms with Crippen molar-refractivity contribution in [1.82, 2.24) is 0 Å². The highest BCUT2D eigenvalue weighted by atomic mass is 19.1. The molecular weight excluding hydrogens is 383 g/mol. The van der Waals surface area contributed by atoms with Crippen LogP contribution in [0.3, 0.4) is 0 Å². The Morgan fingerprint density at radius 2 is 1.80 bits per heavy atom. The summed E-state index contributed by atoms with van der Waals surface area (Å²) in [6.45, 7) is 4.58. The van der Waals surface area contributed by atoms with Crippen molar-refractivity contribution in [3.05, 3.63) is 94.5 Å². The number of aryl methyl sites for hydroxylation is 1. The molecule has 5 heteroatoms. The number of hydrogen-bond donors (Lipinski definition) is 0. The summed E-state index contributed by atoms with van der Waals surface area (Å²) in [5.41, 5.74) is 2.93. The van der Waals surface area contributed by atoms with Gasteiger partial charge < -0.3 is 14.2 Å². The van der Waals surface area contributed by atoms with Gasteiger partial charge in [0.1, 0.15) is 29.7 Å². The van der Waals surface area contributed by atoms with Crippen LogP contribution >= 0.6 is 0 Å². The third-order valence-corrected chi connectivity index (χ3v) is 4.77. The molecule has 0 amide bonds. The average molecular weight is 404 g/mol. The Hall–Kier alpha value is -3.60. The van der Waals surface area contributed by atoms with Crippen LogP contribution in [0.2, 0.25) is 0 Å². The number of ketones is 1. The minimum atomic E-state index is -0.288. The SMILES string of the molecule is CCOc1ccccc1/C=C1\Oc2cc(OCc3ccc(F)cc3)cc(C)c2C1=O. The lowest BCUT2D eigenvalue weighted by atomic mass is 10.0. The number of rotatable bonds is 6. The Kier molecular flexibility index (Phi) is 5.53. The summed E-state index contributed by atoms with van der Waals surface area (Å²) in [4.78, 5) is 12.9. The Morgan fingerprint density at radius 3 is 2.57 bits per heavy atom. The van der Waals surface area contributed by atoms with Gasteiger partial charge in [-0.1, -0.05) is 30.3 Å². The van der Waals surface area contributed by atoms with Crippen molar-refractivity contribution in [2.24, 2.45) is 0 Å². The molecule has 4 rings (SSSR count). The molecular formula is C25H21FO4. The maximum atomic E-state index is 13.0. The van der Waals surface area contributed by atoms with Gasteiger partial charge in [-0.3, -0.25) is 4.79 Å². The fourth-order valence-corrected chi connectivity index (χ4v) is 3.34. The van der Waals surface area contributed by atoms with Crippen LogP contribution in [0.5, 0.6) is 17.2 Å². The number of allylic oxidation sites excluding steroid dienone is 1. The zero-order valence-corrected chi connectivity index (χ0v) is 16.8. The van der Waals surface area contributed by atoms with Crippen LogP contribution in [-0.2, 0) is 6.61 Å². The van der Waals surface area contributed by atoms with Crippen molar-refractivity contribution in [3.63, 3.8) is 0 Å². The molecule has 0 fully saturated rings. The number of hydrogen-bond acceptors (Lipinski definition) is 4. The molecule has 1 aliphatic rings. The van der Waals surface area contributed by atoms with Crippen LogP contribution < -0.4 is 14.2 Å². The molecule has 0 spiro atoms. The molecule has 3 aromatic carbocycles. The van der Waals surface area contributed by atoms with Gasteiger partial charge in [0.25, 0.3) is 0 Å². The lowest BCUT2D eigenvalue weighted by Gasteiger charge is -2.09. The van der Waals surface area contributed by atoms with Crippen molar-refractivity contribution in [1.29, 1.82) is 0 Å². The minimum absolute atomic E-state index is 0.168. The Morgan fingerprint density at radius 1 is 1.03 bits per heavy atom. The van der Waals surface area contributed by atoms with Crippen LogP contribution in [0.25, 0.3) is 6.08 Å². The topological polar surface area (TPSA) is 44.8 Å². The molecule has 0 aromatic heterocycles. The van der Waals surface area contributed by atoms with Gasteiger partial charge in [0.05, 0.1) is 12.2 Å². The van der Waals surface area contributed by atoms with E-state index in [2.05, 4.69) is 0 Å². The van der Waals surface area contributed by atoms with Gasteiger partial charge in [0, 0.05) is 11.6 Å². The highest BCUT2D eigenvalue weighted by Crippen LogP contribution is 2.38. The number of para-hydroxylation sites is 1. The zero-order valence-electron chi connectivity index (χ0n) is 16.8. The van der Waals surface area contributed by atoms with E-state index < -0.39 is 0 Å². The van der Waals surface area contributed by atoms with Crippen molar-refractivity contribution in [3.8, 4) is 17.2 Å². The van der Waals surface area contributed by atoms with Crippen molar-refractivity contribution < 1.29 is 23.4 Å². The predicted molar refractivity (Wildman–Crippen MR) is 112 cm³/mol. The van der Waals surface area contributed by atoms with Crippen LogP contribution in [-0.4, -0.2) is 12.4 Å². The molecule has 1 aliphatic heterocycles. The van der Waals surface area contributed by atoms with Gasteiger partial charge in [0.15, 0.2) is 5.76 Å². The first-order chi connectivity index (χ1) is 14.5. The lowest BCUT2D eigenvalue weighted by Crippen LogP contribution is -2.01. The van der Waals surface area contributed by atoms with Gasteiger partial charge >= 0.3 is 0 Å². The molecule has 152 valence electrons. The first-order valence-electron chi connectivity index (χ1n) is 9.73. The van der Waals surface area contributed by atoms with Crippen LogP contribution in [0.1, 0.15) is 34.0 Å². The summed E-state index contributed by atoms with van der Waals surface area (Å²) in [5.74, 6) is 1.53. The van der Waals surface area contributed by atoms with E-state index in [4.69, 9.17) is 14.2 Å². The van der Waals surface area contributed by atoms with E-state index in [9.17, 15) is 9.18 Å². The third-order valence-electron chi connectivity index (χ3n) is 4.77. The van der Waals surface area contributed by atoms with Gasteiger partial charge in [-0.2, -0.15) is 0 Å². The lowest BCUT2D eigenvalue weighted by molar-refractivity contribution is 0.101. The second-order valence-corrected chi connectivity index (χ2v) is 6.94. The Labute approximate surface area is 174 Å². The second kappa shape index (κ2) is 8.41. The number of Topliss-reactive ketones (excluding diaryl/α,β-unsaturated/α-hetero) is 1. The maximum Gasteiger partial charge on any atom is 0.232 e. The molecule has 0 saturated carbocycles. The summed E-state index contributed by atoms with van der Waals surface area (Å²) in [7, 11) is 0. The zero-order chi connectivity index (χ0) is 21.1. The van der Waals surface area contributed by atoms with E-state index in [1.165, 1.54) is 12.1 Å². The smallest absolute Gasteiger partial charge is 0.232 e. The van der Waals surface area contributed by atoms with E-state index in [-0.39, 0.29) is 24.0 Å². The van der Waals surface area contributed by atoms with Crippen LogP contribution in [0.4, 0.5) is 4.39 Å². The molecule has 30 heavy (non-hydrogen) atoms. The van der Waals surface area contributed by atoms with Crippen molar-refractivity contribution >= 4 is 11.9 Å². The number of halogens is 1. The van der Waals surface area contributed by atoms with E-state index in [1.54, 1.807) is 30.3 Å². The quantitative estimate of drug-likeness (QED) is 0.492. The summed E-state index contributed by atoms with van der Waals surface area (Å²) in [6.07, 6.45) is 1.70. The number of benzene rings is 3. The Balaban J connectivity index is 1.57. The maximum absolute atomic E-state index is 13.0. The molecule has 0 atom stereocenters. The monoisotopic (exact) mass is 404 g/mol. The third kappa shape index (κ3) is 4.06. The largest absolute Gasteiger partial charge is 0.493 e. The van der Waals surface area contributed by atoms with Gasteiger partial charge in [-0.25, -0.2) is 4.39 Å². The number of carbonyl (C=O) groups excluding carboxylic acids is 1. The van der Waals surface area contributed by atoms with Crippen molar-refractivity contribution in [2.75, 3.05) is 6.61 Å². The molecule has 0 bridgehead atoms. The van der Waals surface area contributed by atoms with E-state index in [0.717, 1.165) is 16.7 Å². The molecule has 4 nitrogen and oxygen atoms in total. The number of fused-ring (bicyclic) bond motifs is 1. The van der Waals surface area contributed by atoms with E-state index in [1.807, 2.05) is 38.1 Å². The highest BCUT2D eigenvalue weighted by Gasteiger charge is 2.30. The summed E-state index contributed by atoms with van der Waals surface area (Å²) >= 11 is 0. The standard InChI is InChI=1S/C25H21FO4/c1-3-28-21-7-5-4-6-18(21)13-23-25(27)24-16(2)12-20(14-22(24)30-23)29-15-17-8-10-19(26)11-9-17/h4-14H,3,15H2,1-2H3/b23-13-. The summed E-state index contributed by atoms with van der Waals surface area (Å²) in [6, 6.07) is 17.1. The highest BCUT2D eigenvalue weighted by molar-refractivity contribution is 6.15. The molecule has 0 N–H and O–H groups in total. The molecule has 0 unspecified atom stereocenters. The fourth-order valence-electron chi connectivity index (χ4n) is 3.34. The minimum Gasteiger partial charge on any atom is -0.493 e. The number of carbonyl (C=O) groups is 1. The van der Waals surface area contributed by atoms with Gasteiger partial charge in [-0.05, 0) is 55.3 Å². The van der Waals surface area contributed by atoms with E-state index >= 15 is 0 Å². The predicted octanol–water partition coefficient (Wildman–Crippen LogP) is 5.73. The number of ether oxygens (including phenoxy) is 3. The van der Waals surface area contributed by atoms with Crippen LogP contribution in [0, 0.1) is 12.7 Å². The normalized spacial score (nSPS) is 13.8. The Bertz CT molecular complexity index is 1120. The first kappa shape index (κ1) is 19.7. The van der Waals surface area contributed by atoms with Crippen molar-refractivity contribution in [2.45, 2.75) is 20.5 Å². The molecule has 0 radical (unpaired) electrons. The summed E-state index contributed by atoms with van der Waals surface area (Å²) in [5, 5.41) is 0. The molecule has 1 heterocycles. The van der Waals surface area contributed by atoms with Gasteiger partial charge in [0.2, 0.25) is 5.78 Å². The summed E-state index contributed by atoms with van der Waals surface area (Å²) < 4.78 is 30.4. The average Bonchev–Trinajstić information content (AvgIpc) is 3.05. The molecule has 0 aliphatic carbocycles.